The lowest BCUT2D eigenvalue weighted by Crippen LogP contribution is -2.07. The van der Waals surface area contributed by atoms with E-state index in [1.54, 1.807) is 35.8 Å². The Bertz CT molecular complexity index is 1290. The summed E-state index contributed by atoms with van der Waals surface area (Å²) in [6, 6.07) is 20.5. The summed E-state index contributed by atoms with van der Waals surface area (Å²) in [5.41, 5.74) is 3.84. The van der Waals surface area contributed by atoms with E-state index in [1.165, 1.54) is 14.2 Å². The van der Waals surface area contributed by atoms with Gasteiger partial charge in [0.1, 0.15) is 11.5 Å². The minimum absolute atomic E-state index is 0.273. The Hall–Kier alpha value is -4.06. The van der Waals surface area contributed by atoms with Gasteiger partial charge in [-0.05, 0) is 47.9 Å². The van der Waals surface area contributed by atoms with Crippen LogP contribution in [0, 0.1) is 0 Å². The van der Waals surface area contributed by atoms with Crippen LogP contribution in [0.25, 0.3) is 5.52 Å². The number of aromatic nitrogens is 1. The van der Waals surface area contributed by atoms with Gasteiger partial charge in [-0.15, -0.1) is 0 Å². The second-order valence-corrected chi connectivity index (χ2v) is 7.28. The molecular weight excluding hydrogens is 406 g/mol. The Labute approximate surface area is 186 Å². The Morgan fingerprint density at radius 3 is 2.28 bits per heavy atom. The van der Waals surface area contributed by atoms with Crippen LogP contribution in [0.3, 0.4) is 0 Å². The molecule has 0 radical (unpaired) electrons. The second-order valence-electron chi connectivity index (χ2n) is 7.28. The molecule has 0 aliphatic carbocycles. The summed E-state index contributed by atoms with van der Waals surface area (Å²) in [6.45, 7) is 0. The van der Waals surface area contributed by atoms with Crippen LogP contribution in [0.2, 0.25) is 0 Å². The first-order valence-electron chi connectivity index (χ1n) is 10.1. The van der Waals surface area contributed by atoms with Crippen LogP contribution in [0.4, 0.5) is 0 Å². The molecule has 0 aliphatic rings. The smallest absolute Gasteiger partial charge is 0.340 e. The molecule has 32 heavy (non-hydrogen) atoms. The highest BCUT2D eigenvalue weighted by Gasteiger charge is 2.23. The van der Waals surface area contributed by atoms with Gasteiger partial charge in [-0.3, -0.25) is 4.79 Å². The van der Waals surface area contributed by atoms with Crippen molar-refractivity contribution in [2.24, 2.45) is 0 Å². The van der Waals surface area contributed by atoms with Gasteiger partial charge < -0.3 is 18.6 Å². The highest BCUT2D eigenvalue weighted by atomic mass is 16.5. The lowest BCUT2D eigenvalue weighted by molar-refractivity contribution is 0.0603. The number of nitrogens with zero attached hydrogens (tertiary/aromatic N) is 1. The number of carbonyl (C=O) groups excluding carboxylic acids is 2. The number of carbonyl (C=O) groups is 2. The predicted molar refractivity (Wildman–Crippen MR) is 121 cm³/mol. The highest BCUT2D eigenvalue weighted by molar-refractivity contribution is 6.12. The predicted octanol–water partition coefficient (Wildman–Crippen LogP) is 4.56. The molecule has 6 nitrogen and oxygen atoms in total. The number of fused-ring (bicyclic) bond motifs is 1. The van der Waals surface area contributed by atoms with Crippen molar-refractivity contribution in [1.29, 1.82) is 0 Å². The van der Waals surface area contributed by atoms with E-state index in [9.17, 15) is 9.59 Å². The van der Waals surface area contributed by atoms with Crippen molar-refractivity contribution in [2.75, 3.05) is 21.3 Å². The maximum absolute atomic E-state index is 13.4. The van der Waals surface area contributed by atoms with Crippen LogP contribution in [0.5, 0.6) is 11.5 Å². The number of hydrogen-bond donors (Lipinski definition) is 0. The lowest BCUT2D eigenvalue weighted by atomic mass is 10.1. The first kappa shape index (κ1) is 21.2. The van der Waals surface area contributed by atoms with Gasteiger partial charge in [-0.1, -0.05) is 30.3 Å². The van der Waals surface area contributed by atoms with Crippen LogP contribution in [-0.2, 0) is 11.2 Å². The van der Waals surface area contributed by atoms with E-state index in [1.807, 2.05) is 36.5 Å². The minimum atomic E-state index is -0.500. The molecule has 0 spiro atoms. The third-order valence-corrected chi connectivity index (χ3v) is 5.38. The molecular formula is C26H23NO5. The zero-order valence-corrected chi connectivity index (χ0v) is 18.1. The normalized spacial score (nSPS) is 10.7. The number of esters is 1. The molecule has 0 saturated carbocycles. The molecule has 0 saturated heterocycles. The quantitative estimate of drug-likeness (QED) is 0.318. The topological polar surface area (TPSA) is 66.2 Å². The van der Waals surface area contributed by atoms with E-state index in [0.29, 0.717) is 40.3 Å². The Balaban J connectivity index is 1.81. The van der Waals surface area contributed by atoms with Crippen molar-refractivity contribution in [3.63, 3.8) is 0 Å². The number of pyridine rings is 1. The summed E-state index contributed by atoms with van der Waals surface area (Å²) in [5, 5.41) is 0. The molecule has 0 aliphatic heterocycles. The third-order valence-electron chi connectivity index (χ3n) is 5.38. The van der Waals surface area contributed by atoms with Crippen LogP contribution < -0.4 is 9.47 Å². The molecule has 4 rings (SSSR count). The zero-order chi connectivity index (χ0) is 22.7. The van der Waals surface area contributed by atoms with Gasteiger partial charge in [0.2, 0.25) is 5.78 Å². The maximum Gasteiger partial charge on any atom is 0.340 e. The number of rotatable bonds is 7. The molecule has 6 heteroatoms. The standard InChI is InChI=1S/C26H23NO5/c1-30-19-9-10-20(24(15-19)31-2)25(28)23-16-21(26(29)32-3)22-14-18(11-12-27(22)23)13-17-7-5-4-6-8-17/h4-12,14-16H,13H2,1-3H3. The molecule has 0 N–H and O–H groups in total. The molecule has 0 atom stereocenters. The SMILES string of the molecule is COC(=O)c1cc(C(=O)c2ccc(OC)cc2OC)n2ccc(Cc3ccccc3)cc12. The molecule has 2 aromatic heterocycles. The molecule has 4 aromatic rings. The van der Waals surface area contributed by atoms with Gasteiger partial charge in [0.25, 0.3) is 0 Å². The van der Waals surface area contributed by atoms with Crippen LogP contribution >= 0.6 is 0 Å². The first-order chi connectivity index (χ1) is 15.5. The Morgan fingerprint density at radius 1 is 0.812 bits per heavy atom. The van der Waals surface area contributed by atoms with Crippen molar-refractivity contribution in [3.05, 3.63) is 101 Å². The first-order valence-corrected chi connectivity index (χ1v) is 10.1. The summed E-state index contributed by atoms with van der Waals surface area (Å²) < 4.78 is 17.3. The van der Waals surface area contributed by atoms with Gasteiger partial charge in [-0.25, -0.2) is 4.79 Å². The summed E-state index contributed by atoms with van der Waals surface area (Å²) >= 11 is 0. The molecule has 0 amide bonds. The van der Waals surface area contributed by atoms with Gasteiger partial charge in [0.15, 0.2) is 0 Å². The minimum Gasteiger partial charge on any atom is -0.497 e. The third kappa shape index (κ3) is 3.95. The summed E-state index contributed by atoms with van der Waals surface area (Å²) in [7, 11) is 4.37. The van der Waals surface area contributed by atoms with Crippen LogP contribution in [-0.4, -0.2) is 37.5 Å². The Morgan fingerprint density at radius 2 is 1.59 bits per heavy atom. The molecule has 2 aromatic carbocycles. The van der Waals surface area contributed by atoms with Crippen molar-refractivity contribution in [3.8, 4) is 11.5 Å². The lowest BCUT2D eigenvalue weighted by Gasteiger charge is -2.10. The van der Waals surface area contributed by atoms with Gasteiger partial charge in [0, 0.05) is 12.3 Å². The van der Waals surface area contributed by atoms with Crippen LogP contribution in [0.15, 0.2) is 72.9 Å². The largest absolute Gasteiger partial charge is 0.497 e. The summed E-state index contributed by atoms with van der Waals surface area (Å²) in [4.78, 5) is 25.9. The average Bonchev–Trinajstić information content (AvgIpc) is 3.22. The van der Waals surface area contributed by atoms with E-state index >= 15 is 0 Å². The molecule has 162 valence electrons. The fourth-order valence-corrected chi connectivity index (χ4v) is 3.76. The second kappa shape index (κ2) is 8.98. The number of hydrogen-bond acceptors (Lipinski definition) is 5. The Kier molecular flexibility index (Phi) is 5.94. The number of ether oxygens (including phenoxy) is 3. The fraction of sp³-hybridized carbons (Fsp3) is 0.154. The monoisotopic (exact) mass is 429 g/mol. The molecule has 0 unspecified atom stereocenters. The van der Waals surface area contributed by atoms with Crippen molar-refractivity contribution < 1.29 is 23.8 Å². The fourth-order valence-electron chi connectivity index (χ4n) is 3.76. The number of benzene rings is 2. The van der Waals surface area contributed by atoms with E-state index in [4.69, 9.17) is 14.2 Å². The molecule has 0 fully saturated rings. The zero-order valence-electron chi connectivity index (χ0n) is 18.1. The van der Waals surface area contributed by atoms with Gasteiger partial charge >= 0.3 is 5.97 Å². The van der Waals surface area contributed by atoms with Crippen LogP contribution in [0.1, 0.15) is 37.5 Å². The van der Waals surface area contributed by atoms with Gasteiger partial charge in [-0.2, -0.15) is 0 Å². The van der Waals surface area contributed by atoms with Gasteiger partial charge in [0.05, 0.1) is 43.7 Å². The van der Waals surface area contributed by atoms with E-state index in [-0.39, 0.29) is 5.78 Å². The van der Waals surface area contributed by atoms with E-state index in [0.717, 1.165) is 11.1 Å². The van der Waals surface area contributed by atoms with E-state index < -0.39 is 5.97 Å². The summed E-state index contributed by atoms with van der Waals surface area (Å²) in [5.74, 6) is 0.203. The molecule has 0 bridgehead atoms. The summed E-state index contributed by atoms with van der Waals surface area (Å²) in [6.07, 6.45) is 2.52. The number of ketones is 1. The molecule has 2 heterocycles. The number of methoxy groups -OCH3 is 3. The van der Waals surface area contributed by atoms with Crippen molar-refractivity contribution >= 4 is 17.3 Å². The highest BCUT2D eigenvalue weighted by Crippen LogP contribution is 2.29. The van der Waals surface area contributed by atoms with E-state index in [2.05, 4.69) is 12.1 Å². The average molecular weight is 429 g/mol. The maximum atomic E-state index is 13.4. The van der Waals surface area contributed by atoms with Crippen molar-refractivity contribution in [2.45, 2.75) is 6.42 Å². The van der Waals surface area contributed by atoms with Crippen molar-refractivity contribution in [1.82, 2.24) is 4.40 Å².